The average molecular weight is 310 g/mol. The van der Waals surface area contributed by atoms with Crippen molar-refractivity contribution in [3.05, 3.63) is 33.8 Å². The predicted octanol–water partition coefficient (Wildman–Crippen LogP) is 3.22. The van der Waals surface area contributed by atoms with Gasteiger partial charge in [-0.15, -0.1) is 0 Å². The zero-order valence-electron chi connectivity index (χ0n) is 9.19. The van der Waals surface area contributed by atoms with E-state index in [2.05, 4.69) is 21.2 Å². The largest absolute Gasteiger partial charge is 0.316 e. The maximum Gasteiger partial charge on any atom is 0.143 e. The molecule has 1 nitrogen and oxygen atoms in total. The van der Waals surface area contributed by atoms with Gasteiger partial charge in [0.25, 0.3) is 0 Å². The molecule has 1 aromatic rings. The van der Waals surface area contributed by atoms with E-state index >= 15 is 0 Å². The summed E-state index contributed by atoms with van der Waals surface area (Å²) in [5.74, 6) is -0.162. The maximum absolute atomic E-state index is 13.7. The summed E-state index contributed by atoms with van der Waals surface area (Å²) in [4.78, 5) is 0. The Balaban J connectivity index is 2.90. The molecule has 90 valence electrons. The fourth-order valence-corrected chi connectivity index (χ4v) is 2.51. The van der Waals surface area contributed by atoms with E-state index < -0.39 is 11.6 Å². The highest BCUT2D eigenvalue weighted by atomic mass is 79.9. The van der Waals surface area contributed by atoms with Crippen molar-refractivity contribution < 1.29 is 8.78 Å². The zero-order chi connectivity index (χ0) is 12.1. The third kappa shape index (κ3) is 3.43. The first-order valence-corrected chi connectivity index (χ1v) is 7.07. The SMILES string of the molecule is CNC(CSC)Cc1c(F)ccc(Br)c1F. The molecule has 1 N–H and O–H groups in total. The molecule has 5 heteroatoms. The van der Waals surface area contributed by atoms with Crippen LogP contribution in [0.5, 0.6) is 0 Å². The monoisotopic (exact) mass is 309 g/mol. The van der Waals surface area contributed by atoms with Crippen molar-refractivity contribution in [1.82, 2.24) is 5.32 Å². The van der Waals surface area contributed by atoms with Gasteiger partial charge >= 0.3 is 0 Å². The molecular weight excluding hydrogens is 296 g/mol. The summed E-state index contributed by atoms with van der Waals surface area (Å²) in [7, 11) is 1.80. The molecule has 1 unspecified atom stereocenters. The zero-order valence-corrected chi connectivity index (χ0v) is 11.6. The van der Waals surface area contributed by atoms with E-state index in [0.29, 0.717) is 10.9 Å². The molecule has 16 heavy (non-hydrogen) atoms. The van der Waals surface area contributed by atoms with Crippen molar-refractivity contribution >= 4 is 27.7 Å². The summed E-state index contributed by atoms with van der Waals surface area (Å²) in [5, 5.41) is 3.06. The molecule has 1 atom stereocenters. The lowest BCUT2D eigenvalue weighted by atomic mass is 10.1. The first-order valence-electron chi connectivity index (χ1n) is 4.88. The number of halogens is 3. The molecule has 0 bridgehead atoms. The van der Waals surface area contributed by atoms with E-state index in [-0.39, 0.29) is 11.6 Å². The number of hydrogen-bond acceptors (Lipinski definition) is 2. The van der Waals surface area contributed by atoms with Gasteiger partial charge in [0.2, 0.25) is 0 Å². The molecule has 0 heterocycles. The molecule has 1 aromatic carbocycles. The van der Waals surface area contributed by atoms with Crippen molar-refractivity contribution in [2.24, 2.45) is 0 Å². The number of rotatable bonds is 5. The number of hydrogen-bond donors (Lipinski definition) is 1. The summed E-state index contributed by atoms with van der Waals surface area (Å²) in [6.07, 6.45) is 2.33. The first kappa shape index (κ1) is 13.9. The van der Waals surface area contributed by atoms with Crippen LogP contribution in [-0.4, -0.2) is 25.1 Å². The van der Waals surface area contributed by atoms with Gasteiger partial charge in [-0.2, -0.15) is 11.8 Å². The second-order valence-corrected chi connectivity index (χ2v) is 5.23. The second-order valence-electron chi connectivity index (χ2n) is 3.47. The van der Waals surface area contributed by atoms with Crippen LogP contribution in [0.15, 0.2) is 16.6 Å². The Morgan fingerprint density at radius 3 is 2.69 bits per heavy atom. The van der Waals surface area contributed by atoms with Gasteiger partial charge in [-0.05, 0) is 47.8 Å². The lowest BCUT2D eigenvalue weighted by molar-refractivity contribution is 0.521. The molecular formula is C11H14BrF2NS. The fourth-order valence-electron chi connectivity index (χ4n) is 1.45. The van der Waals surface area contributed by atoms with Crippen LogP contribution in [0.3, 0.4) is 0 Å². The number of thioether (sulfide) groups is 1. The lowest BCUT2D eigenvalue weighted by Gasteiger charge is -2.16. The standard InChI is InChI=1S/C11H14BrF2NS/c1-15-7(6-16-2)5-8-10(13)4-3-9(12)11(8)14/h3-4,7,15H,5-6H2,1-2H3. The Labute approximate surface area is 107 Å². The predicted molar refractivity (Wildman–Crippen MR) is 69.0 cm³/mol. The summed E-state index contributed by atoms with van der Waals surface area (Å²) in [5.41, 5.74) is 0.141. The van der Waals surface area contributed by atoms with Gasteiger partial charge in [0.15, 0.2) is 0 Å². The van der Waals surface area contributed by atoms with Gasteiger partial charge in [0.1, 0.15) is 11.6 Å². The third-order valence-electron chi connectivity index (χ3n) is 2.37. The van der Waals surface area contributed by atoms with Crippen LogP contribution >= 0.6 is 27.7 Å². The Kier molecular flexibility index (Phi) is 5.72. The fraction of sp³-hybridized carbons (Fsp3) is 0.455. The molecule has 0 aliphatic carbocycles. The van der Waals surface area contributed by atoms with E-state index in [1.807, 2.05) is 6.26 Å². The van der Waals surface area contributed by atoms with Gasteiger partial charge in [0, 0.05) is 17.4 Å². The molecule has 0 fully saturated rings. The lowest BCUT2D eigenvalue weighted by Crippen LogP contribution is -2.30. The topological polar surface area (TPSA) is 12.0 Å². The van der Waals surface area contributed by atoms with Crippen LogP contribution in [0.1, 0.15) is 5.56 Å². The number of benzene rings is 1. The van der Waals surface area contributed by atoms with Crippen LogP contribution in [0.25, 0.3) is 0 Å². The van der Waals surface area contributed by atoms with E-state index in [1.54, 1.807) is 18.8 Å². The normalized spacial score (nSPS) is 12.8. The van der Waals surface area contributed by atoms with E-state index in [4.69, 9.17) is 0 Å². The first-order chi connectivity index (χ1) is 7.60. The maximum atomic E-state index is 13.7. The molecule has 0 saturated heterocycles. The highest BCUT2D eigenvalue weighted by Gasteiger charge is 2.16. The number of nitrogens with one attached hydrogen (secondary N) is 1. The highest BCUT2D eigenvalue weighted by molar-refractivity contribution is 9.10. The molecule has 1 rings (SSSR count). The molecule has 0 saturated carbocycles. The molecule has 0 aliphatic rings. The van der Waals surface area contributed by atoms with Crippen LogP contribution in [-0.2, 0) is 6.42 Å². The minimum Gasteiger partial charge on any atom is -0.316 e. The van der Waals surface area contributed by atoms with Crippen molar-refractivity contribution in [2.45, 2.75) is 12.5 Å². The van der Waals surface area contributed by atoms with E-state index in [9.17, 15) is 8.78 Å². The molecule has 0 aromatic heterocycles. The van der Waals surface area contributed by atoms with Gasteiger partial charge < -0.3 is 5.32 Å². The second kappa shape index (κ2) is 6.57. The summed E-state index contributed by atoms with van der Waals surface area (Å²) < 4.78 is 27.5. The molecule has 0 aliphatic heterocycles. The minimum atomic E-state index is -0.499. The molecule has 0 amide bonds. The van der Waals surface area contributed by atoms with Crippen LogP contribution in [0.4, 0.5) is 8.78 Å². The summed E-state index contributed by atoms with van der Waals surface area (Å²) in [6, 6.07) is 2.75. The van der Waals surface area contributed by atoms with Crippen molar-refractivity contribution in [3.8, 4) is 0 Å². The summed E-state index contributed by atoms with van der Waals surface area (Å²) in [6.45, 7) is 0. The third-order valence-corrected chi connectivity index (χ3v) is 3.71. The van der Waals surface area contributed by atoms with Crippen molar-refractivity contribution in [2.75, 3.05) is 19.1 Å². The Bertz CT molecular complexity index is 360. The van der Waals surface area contributed by atoms with Gasteiger partial charge in [-0.25, -0.2) is 8.78 Å². The van der Waals surface area contributed by atoms with Crippen LogP contribution < -0.4 is 5.32 Å². The van der Waals surface area contributed by atoms with E-state index in [1.165, 1.54) is 12.1 Å². The smallest absolute Gasteiger partial charge is 0.143 e. The quantitative estimate of drug-likeness (QED) is 0.838. The Hall–Kier alpha value is -0.130. The number of likely N-dealkylation sites (N-methyl/N-ethyl adjacent to an activating group) is 1. The van der Waals surface area contributed by atoms with Gasteiger partial charge in [-0.1, -0.05) is 0 Å². The Morgan fingerprint density at radius 1 is 1.44 bits per heavy atom. The van der Waals surface area contributed by atoms with Crippen molar-refractivity contribution in [3.63, 3.8) is 0 Å². The molecule has 0 radical (unpaired) electrons. The van der Waals surface area contributed by atoms with Gasteiger partial charge in [-0.3, -0.25) is 0 Å². The highest BCUT2D eigenvalue weighted by Crippen LogP contribution is 2.23. The molecule has 0 spiro atoms. The summed E-state index contributed by atoms with van der Waals surface area (Å²) >= 11 is 4.71. The van der Waals surface area contributed by atoms with Crippen LogP contribution in [0, 0.1) is 11.6 Å². The average Bonchev–Trinajstić information content (AvgIpc) is 2.28. The van der Waals surface area contributed by atoms with E-state index in [0.717, 1.165) is 5.75 Å². The van der Waals surface area contributed by atoms with Crippen molar-refractivity contribution in [1.29, 1.82) is 0 Å². The minimum absolute atomic E-state index is 0.0771. The van der Waals surface area contributed by atoms with Crippen LogP contribution in [0.2, 0.25) is 0 Å². The van der Waals surface area contributed by atoms with Gasteiger partial charge in [0.05, 0.1) is 4.47 Å². The Morgan fingerprint density at radius 2 is 2.12 bits per heavy atom.